The van der Waals surface area contributed by atoms with Gasteiger partial charge < -0.3 is 14.4 Å². The largest absolute Gasteiger partial charge is 0.361 e. The van der Waals surface area contributed by atoms with Crippen molar-refractivity contribution in [2.75, 3.05) is 24.8 Å². The van der Waals surface area contributed by atoms with Crippen LogP contribution in [0, 0.1) is 5.92 Å². The zero-order chi connectivity index (χ0) is 25.5. The Morgan fingerprint density at radius 2 is 1.74 bits per heavy atom. The van der Waals surface area contributed by atoms with Crippen LogP contribution in [0.4, 0.5) is 5.82 Å². The first-order valence-corrected chi connectivity index (χ1v) is 15.6. The van der Waals surface area contributed by atoms with Gasteiger partial charge in [-0.2, -0.15) is 0 Å². The van der Waals surface area contributed by atoms with Gasteiger partial charge in [-0.15, -0.1) is 0 Å². The lowest BCUT2D eigenvalue weighted by atomic mass is 9.89. The summed E-state index contributed by atoms with van der Waals surface area (Å²) in [6, 6.07) is 9.57. The van der Waals surface area contributed by atoms with Crippen LogP contribution in [-0.4, -0.2) is 38.8 Å². The number of hydrogen-bond acceptors (Lipinski definition) is 7. The molecule has 0 unspecified atom stereocenters. The molecule has 0 aliphatic heterocycles. The second kappa shape index (κ2) is 12.3. The molecule has 1 aromatic heterocycles. The minimum absolute atomic E-state index is 0.216. The third-order valence-corrected chi connectivity index (χ3v) is 9.51. The zero-order valence-electron chi connectivity index (χ0n) is 20.6. The predicted octanol–water partition coefficient (Wildman–Crippen LogP) is 5.07. The minimum atomic E-state index is -3.52. The first-order valence-electron chi connectivity index (χ1n) is 12.1. The summed E-state index contributed by atoms with van der Waals surface area (Å²) in [4.78, 5) is 17.9. The maximum absolute atomic E-state index is 13.4. The van der Waals surface area contributed by atoms with E-state index >= 15 is 0 Å². The summed E-state index contributed by atoms with van der Waals surface area (Å²) in [5, 5.41) is 3.18. The molecule has 1 saturated carbocycles. The molecule has 8 nitrogen and oxygen atoms in total. The third-order valence-electron chi connectivity index (χ3n) is 6.27. The lowest BCUT2D eigenvalue weighted by Crippen LogP contribution is -2.23. The van der Waals surface area contributed by atoms with Gasteiger partial charge in [0.2, 0.25) is 5.91 Å². The molecule has 0 bridgehead atoms. The highest BCUT2D eigenvalue weighted by atomic mass is 32.2. The smallest absolute Gasteiger partial charge is 0.310 e. The Balaban J connectivity index is 1.84. The third kappa shape index (κ3) is 7.46. The van der Waals surface area contributed by atoms with E-state index in [1.165, 1.54) is 37.9 Å². The summed E-state index contributed by atoms with van der Waals surface area (Å²) in [5.41, 5.74) is 0.748. The topological polar surface area (TPSA) is 112 Å². The van der Waals surface area contributed by atoms with Gasteiger partial charge in [0.1, 0.15) is 5.82 Å². The van der Waals surface area contributed by atoms with Gasteiger partial charge in [0.05, 0.1) is 29.3 Å². The van der Waals surface area contributed by atoms with Gasteiger partial charge in [-0.05, 0) is 62.4 Å². The maximum atomic E-state index is 13.4. The molecule has 0 radical (unpaired) electrons. The molecule has 0 saturated heterocycles. The van der Waals surface area contributed by atoms with Crippen LogP contribution in [0.1, 0.15) is 63.9 Å². The van der Waals surface area contributed by atoms with Crippen molar-refractivity contribution in [3.8, 4) is 0 Å². The van der Waals surface area contributed by atoms with Gasteiger partial charge >= 0.3 is 7.60 Å². The molecule has 1 heterocycles. The number of carbonyl (C=O) groups excluding carboxylic acids is 1. The normalized spacial score (nSPS) is 15.7. The van der Waals surface area contributed by atoms with Crippen LogP contribution in [-0.2, 0) is 28.2 Å². The monoisotopic (exact) mass is 522 g/mol. The number of nitrogens with zero attached hydrogens (tertiary/aromatic N) is 1. The van der Waals surface area contributed by atoms with E-state index in [0.717, 1.165) is 18.2 Å². The lowest BCUT2D eigenvalue weighted by molar-refractivity contribution is -0.117. The van der Waals surface area contributed by atoms with Crippen LogP contribution in [0.2, 0.25) is 0 Å². The SMILES string of the molecule is CCOP(=O)(OCC)c1ccnc(NC(=O)[C@H](CCC2CCCC2)c2ccc(S(C)(=O)=O)cc2)c1. The number of aromatic nitrogens is 1. The molecular formula is C25H35N2O6PS. The first-order chi connectivity index (χ1) is 16.7. The van der Waals surface area contributed by atoms with Crippen molar-refractivity contribution in [1.29, 1.82) is 0 Å². The van der Waals surface area contributed by atoms with Gasteiger partial charge in [0.15, 0.2) is 9.84 Å². The van der Waals surface area contributed by atoms with Crippen LogP contribution in [0.3, 0.4) is 0 Å². The highest BCUT2D eigenvalue weighted by Crippen LogP contribution is 2.47. The molecule has 1 atom stereocenters. The van der Waals surface area contributed by atoms with E-state index < -0.39 is 23.4 Å². The first kappa shape index (κ1) is 27.5. The van der Waals surface area contributed by atoms with Gasteiger partial charge in [0.25, 0.3) is 0 Å². The molecular weight excluding hydrogens is 487 g/mol. The fraction of sp³-hybridized carbons (Fsp3) is 0.520. The molecule has 1 aromatic carbocycles. The van der Waals surface area contributed by atoms with Crippen molar-refractivity contribution in [3.05, 3.63) is 48.2 Å². The van der Waals surface area contributed by atoms with Gasteiger partial charge in [-0.25, -0.2) is 13.4 Å². The van der Waals surface area contributed by atoms with Crippen molar-refractivity contribution < 1.29 is 26.8 Å². The van der Waals surface area contributed by atoms with E-state index in [2.05, 4.69) is 10.3 Å². The molecule has 1 aliphatic rings. The molecule has 1 aliphatic carbocycles. The highest BCUT2D eigenvalue weighted by molar-refractivity contribution is 7.90. The van der Waals surface area contributed by atoms with E-state index in [1.54, 1.807) is 44.2 Å². The average Bonchev–Trinajstić information content (AvgIpc) is 3.33. The molecule has 1 N–H and O–H groups in total. The summed E-state index contributed by atoms with van der Waals surface area (Å²) >= 11 is 0. The average molecular weight is 523 g/mol. The molecule has 0 spiro atoms. The quantitative estimate of drug-likeness (QED) is 0.387. The molecule has 2 aromatic rings. The van der Waals surface area contributed by atoms with E-state index in [-0.39, 0.29) is 29.8 Å². The fourth-order valence-corrected chi connectivity index (χ4v) is 6.71. The van der Waals surface area contributed by atoms with Gasteiger partial charge in [0, 0.05) is 12.5 Å². The Morgan fingerprint density at radius 1 is 1.11 bits per heavy atom. The number of amides is 1. The molecule has 35 heavy (non-hydrogen) atoms. The summed E-state index contributed by atoms with van der Waals surface area (Å²) in [6.07, 6.45) is 8.98. The number of nitrogens with one attached hydrogen (secondary N) is 1. The number of hydrogen-bond donors (Lipinski definition) is 1. The number of rotatable bonds is 12. The summed E-state index contributed by atoms with van der Waals surface area (Å²) in [6.45, 7) is 3.90. The standard InChI is InChI=1S/C25H35N2O6PS/c1-4-32-34(29,33-5-2)21-16-17-26-24(18-21)27-25(28)23(15-10-19-8-6-7-9-19)20-11-13-22(14-12-20)35(3,30)31/h11-14,16-19,23H,4-10,15H2,1-3H3,(H,26,27,28)/t23-/m1/s1. The number of benzene rings is 1. The van der Waals surface area contributed by atoms with Crippen LogP contribution in [0.5, 0.6) is 0 Å². The van der Waals surface area contributed by atoms with Crippen molar-refractivity contribution in [2.45, 2.75) is 63.2 Å². The van der Waals surface area contributed by atoms with E-state index in [1.807, 2.05) is 0 Å². The van der Waals surface area contributed by atoms with Crippen LogP contribution in [0.25, 0.3) is 0 Å². The van der Waals surface area contributed by atoms with Crippen molar-refractivity contribution in [1.82, 2.24) is 4.98 Å². The number of pyridine rings is 1. The Hall–Kier alpha value is -2.06. The number of sulfone groups is 1. The van der Waals surface area contributed by atoms with Crippen LogP contribution < -0.4 is 10.6 Å². The van der Waals surface area contributed by atoms with Gasteiger partial charge in [-0.1, -0.05) is 37.8 Å². The minimum Gasteiger partial charge on any atom is -0.310 e. The van der Waals surface area contributed by atoms with Crippen molar-refractivity contribution in [3.63, 3.8) is 0 Å². The molecule has 3 rings (SSSR count). The molecule has 10 heteroatoms. The van der Waals surface area contributed by atoms with E-state index in [9.17, 15) is 17.8 Å². The Bertz CT molecular complexity index is 1140. The van der Waals surface area contributed by atoms with Crippen molar-refractivity contribution >= 4 is 34.5 Å². The van der Waals surface area contributed by atoms with Gasteiger partial charge in [-0.3, -0.25) is 9.36 Å². The molecule has 1 amide bonds. The maximum Gasteiger partial charge on any atom is 0.361 e. The zero-order valence-corrected chi connectivity index (χ0v) is 22.3. The Labute approximate surface area is 208 Å². The summed E-state index contributed by atoms with van der Waals surface area (Å²) < 4.78 is 47.7. The van der Waals surface area contributed by atoms with E-state index in [0.29, 0.717) is 17.6 Å². The second-order valence-corrected chi connectivity index (χ2v) is 12.9. The highest BCUT2D eigenvalue weighted by Gasteiger charge is 2.28. The molecule has 1 fully saturated rings. The second-order valence-electron chi connectivity index (χ2n) is 8.84. The molecule has 192 valence electrons. The lowest BCUT2D eigenvalue weighted by Gasteiger charge is -2.20. The predicted molar refractivity (Wildman–Crippen MR) is 137 cm³/mol. The fourth-order valence-electron chi connectivity index (χ4n) is 4.50. The van der Waals surface area contributed by atoms with E-state index in [4.69, 9.17) is 9.05 Å². The van der Waals surface area contributed by atoms with Crippen molar-refractivity contribution in [2.24, 2.45) is 5.92 Å². The van der Waals surface area contributed by atoms with Crippen LogP contribution >= 0.6 is 7.60 Å². The summed E-state index contributed by atoms with van der Waals surface area (Å²) in [7, 11) is -6.85. The summed E-state index contributed by atoms with van der Waals surface area (Å²) in [5.74, 6) is 0.138. The Kier molecular flexibility index (Phi) is 9.64. The Morgan fingerprint density at radius 3 is 2.31 bits per heavy atom. The number of anilines is 1. The number of carbonyl (C=O) groups is 1. The van der Waals surface area contributed by atoms with Crippen LogP contribution in [0.15, 0.2) is 47.5 Å².